The molecule has 2 rings (SSSR count). The van der Waals surface area contributed by atoms with E-state index in [9.17, 15) is 18.0 Å². The molecule has 0 N–H and O–H groups in total. The summed E-state index contributed by atoms with van der Waals surface area (Å²) in [6.45, 7) is 1.54. The van der Waals surface area contributed by atoms with Crippen LogP contribution in [-0.4, -0.2) is 30.4 Å². The molecule has 0 saturated heterocycles. The van der Waals surface area contributed by atoms with E-state index in [2.05, 4.69) is 14.9 Å². The topological polar surface area (TPSA) is 61.3 Å². The number of carbonyl (C=O) groups is 1. The fraction of sp³-hybridized carbons (Fsp3) is 0.267. The Kier molecular flexibility index (Phi) is 4.98. The first-order valence-corrected chi connectivity index (χ1v) is 6.95. The van der Waals surface area contributed by atoms with Gasteiger partial charge >= 0.3 is 12.1 Å². The maximum absolute atomic E-state index is 12.8. The number of aromatic nitrogens is 2. The molecule has 0 fully saturated rings. The van der Waals surface area contributed by atoms with Crippen molar-refractivity contribution in [2.45, 2.75) is 13.1 Å². The summed E-state index contributed by atoms with van der Waals surface area (Å²) in [6.07, 6.45) is -4.51. The van der Waals surface area contributed by atoms with E-state index in [4.69, 9.17) is 16.3 Å². The van der Waals surface area contributed by atoms with E-state index < -0.39 is 17.7 Å². The SMILES string of the molecule is COC(=O)c1c(Cl)nnc(-c2ccc(C(F)(F)F)cc2OC)c1C. The number of nitrogens with zero attached hydrogens (tertiary/aromatic N) is 2. The molecular formula is C15H12ClF3N2O3. The molecule has 0 unspecified atom stereocenters. The number of rotatable bonds is 3. The van der Waals surface area contributed by atoms with Crippen LogP contribution in [-0.2, 0) is 10.9 Å². The van der Waals surface area contributed by atoms with Gasteiger partial charge in [-0.1, -0.05) is 11.6 Å². The zero-order chi connectivity index (χ0) is 18.1. The normalized spacial score (nSPS) is 11.3. The van der Waals surface area contributed by atoms with Crippen molar-refractivity contribution in [3.05, 3.63) is 40.0 Å². The highest BCUT2D eigenvalue weighted by Crippen LogP contribution is 2.38. The minimum atomic E-state index is -4.51. The summed E-state index contributed by atoms with van der Waals surface area (Å²) in [4.78, 5) is 11.8. The molecule has 0 aliphatic carbocycles. The van der Waals surface area contributed by atoms with Gasteiger partial charge < -0.3 is 9.47 Å². The number of hydrogen-bond donors (Lipinski definition) is 0. The summed E-state index contributed by atoms with van der Waals surface area (Å²) in [5.74, 6) is -0.778. The lowest BCUT2D eigenvalue weighted by molar-refractivity contribution is -0.137. The summed E-state index contributed by atoms with van der Waals surface area (Å²) in [6, 6.07) is 2.95. The van der Waals surface area contributed by atoms with E-state index >= 15 is 0 Å². The molecule has 1 aromatic heterocycles. The standard InChI is InChI=1S/C15H12ClF3N2O3/c1-7-11(14(22)24-3)13(16)21-20-12(7)9-5-4-8(15(17,18)19)6-10(9)23-2/h4-6H,1-3H3. The van der Waals surface area contributed by atoms with Crippen molar-refractivity contribution in [3.8, 4) is 17.0 Å². The highest BCUT2D eigenvalue weighted by atomic mass is 35.5. The first-order chi connectivity index (χ1) is 11.2. The molecule has 0 saturated carbocycles. The van der Waals surface area contributed by atoms with E-state index in [-0.39, 0.29) is 27.7 Å². The third kappa shape index (κ3) is 3.28. The van der Waals surface area contributed by atoms with Crippen molar-refractivity contribution in [1.82, 2.24) is 10.2 Å². The van der Waals surface area contributed by atoms with Crippen LogP contribution in [0.4, 0.5) is 13.2 Å². The first-order valence-electron chi connectivity index (χ1n) is 6.57. The highest BCUT2D eigenvalue weighted by molar-refractivity contribution is 6.32. The number of benzene rings is 1. The molecule has 0 aliphatic rings. The van der Waals surface area contributed by atoms with Gasteiger partial charge in [-0.3, -0.25) is 0 Å². The van der Waals surface area contributed by atoms with Crippen LogP contribution in [0.5, 0.6) is 5.75 Å². The molecule has 0 aliphatic heterocycles. The van der Waals surface area contributed by atoms with Gasteiger partial charge in [0.25, 0.3) is 0 Å². The Labute approximate surface area is 140 Å². The minimum absolute atomic E-state index is 0.00822. The van der Waals surface area contributed by atoms with E-state index in [0.717, 1.165) is 12.1 Å². The zero-order valence-corrected chi connectivity index (χ0v) is 13.6. The summed E-state index contributed by atoms with van der Waals surface area (Å²) in [5.41, 5.74) is -0.135. The van der Waals surface area contributed by atoms with Crippen LogP contribution >= 0.6 is 11.6 Å². The maximum atomic E-state index is 12.8. The predicted octanol–water partition coefficient (Wildman–Crippen LogP) is 3.92. The number of halogens is 4. The zero-order valence-electron chi connectivity index (χ0n) is 12.9. The Hall–Kier alpha value is -2.35. The lowest BCUT2D eigenvalue weighted by Gasteiger charge is -2.14. The van der Waals surface area contributed by atoms with Gasteiger partial charge in [0.15, 0.2) is 5.15 Å². The Bertz CT molecular complexity index is 794. The third-order valence-corrected chi connectivity index (χ3v) is 3.61. The molecule has 1 heterocycles. The fourth-order valence-electron chi connectivity index (χ4n) is 2.15. The lowest BCUT2D eigenvalue weighted by atomic mass is 10.0. The number of carbonyl (C=O) groups excluding carboxylic acids is 1. The van der Waals surface area contributed by atoms with Gasteiger partial charge in [0, 0.05) is 5.56 Å². The number of hydrogen-bond acceptors (Lipinski definition) is 5. The van der Waals surface area contributed by atoms with Gasteiger partial charge in [-0.2, -0.15) is 13.2 Å². The van der Waals surface area contributed by atoms with Crippen molar-refractivity contribution >= 4 is 17.6 Å². The summed E-state index contributed by atoms with van der Waals surface area (Å²) >= 11 is 5.87. The van der Waals surface area contributed by atoms with Crippen LogP contribution in [0.1, 0.15) is 21.5 Å². The molecule has 9 heteroatoms. The van der Waals surface area contributed by atoms with Crippen molar-refractivity contribution in [2.75, 3.05) is 14.2 Å². The van der Waals surface area contributed by atoms with Gasteiger partial charge in [0.2, 0.25) is 0 Å². The van der Waals surface area contributed by atoms with Gasteiger partial charge in [-0.25, -0.2) is 4.79 Å². The molecule has 24 heavy (non-hydrogen) atoms. The number of alkyl halides is 3. The number of ether oxygens (including phenoxy) is 2. The summed E-state index contributed by atoms with van der Waals surface area (Å²) < 4.78 is 48.1. The molecular weight excluding hydrogens is 349 g/mol. The number of methoxy groups -OCH3 is 2. The Morgan fingerprint density at radius 1 is 1.21 bits per heavy atom. The average molecular weight is 361 g/mol. The third-order valence-electron chi connectivity index (χ3n) is 3.35. The molecule has 128 valence electrons. The second kappa shape index (κ2) is 6.64. The van der Waals surface area contributed by atoms with Crippen molar-refractivity contribution in [1.29, 1.82) is 0 Å². The molecule has 2 aromatic rings. The van der Waals surface area contributed by atoms with E-state index in [1.165, 1.54) is 20.3 Å². The second-order valence-corrected chi connectivity index (χ2v) is 5.10. The molecule has 0 radical (unpaired) electrons. The molecule has 0 amide bonds. The van der Waals surface area contributed by atoms with E-state index in [0.29, 0.717) is 5.56 Å². The maximum Gasteiger partial charge on any atom is 0.416 e. The van der Waals surface area contributed by atoms with Crippen LogP contribution in [0.3, 0.4) is 0 Å². The van der Waals surface area contributed by atoms with Crippen LogP contribution in [0.2, 0.25) is 5.15 Å². The smallest absolute Gasteiger partial charge is 0.416 e. The summed E-state index contributed by atoms with van der Waals surface area (Å²) in [5, 5.41) is 7.39. The van der Waals surface area contributed by atoms with Crippen LogP contribution in [0, 0.1) is 6.92 Å². The molecule has 0 bridgehead atoms. The Morgan fingerprint density at radius 3 is 2.42 bits per heavy atom. The van der Waals surface area contributed by atoms with Crippen LogP contribution in [0.15, 0.2) is 18.2 Å². The van der Waals surface area contributed by atoms with Gasteiger partial charge in [0.1, 0.15) is 17.0 Å². The quantitative estimate of drug-likeness (QED) is 0.776. The van der Waals surface area contributed by atoms with Crippen molar-refractivity contribution < 1.29 is 27.4 Å². The van der Waals surface area contributed by atoms with Crippen LogP contribution < -0.4 is 4.74 Å². The van der Waals surface area contributed by atoms with Gasteiger partial charge in [0.05, 0.1) is 19.8 Å². The average Bonchev–Trinajstić information content (AvgIpc) is 2.53. The second-order valence-electron chi connectivity index (χ2n) is 4.74. The minimum Gasteiger partial charge on any atom is -0.496 e. The van der Waals surface area contributed by atoms with Crippen molar-refractivity contribution in [3.63, 3.8) is 0 Å². The Morgan fingerprint density at radius 2 is 1.88 bits per heavy atom. The monoisotopic (exact) mass is 360 g/mol. The lowest BCUT2D eigenvalue weighted by Crippen LogP contribution is -2.10. The fourth-order valence-corrected chi connectivity index (χ4v) is 2.41. The van der Waals surface area contributed by atoms with Gasteiger partial charge in [-0.05, 0) is 30.7 Å². The van der Waals surface area contributed by atoms with Crippen molar-refractivity contribution in [2.24, 2.45) is 0 Å². The number of esters is 1. The largest absolute Gasteiger partial charge is 0.496 e. The summed E-state index contributed by atoms with van der Waals surface area (Å²) in [7, 11) is 2.41. The molecule has 5 nitrogen and oxygen atoms in total. The van der Waals surface area contributed by atoms with E-state index in [1.807, 2.05) is 0 Å². The highest BCUT2D eigenvalue weighted by Gasteiger charge is 2.32. The van der Waals surface area contributed by atoms with E-state index in [1.54, 1.807) is 6.92 Å². The molecule has 0 spiro atoms. The molecule has 0 atom stereocenters. The molecule has 1 aromatic carbocycles. The van der Waals surface area contributed by atoms with Gasteiger partial charge in [-0.15, -0.1) is 10.2 Å². The Balaban J connectivity index is 2.67. The van der Waals surface area contributed by atoms with Crippen LogP contribution in [0.25, 0.3) is 11.3 Å². The first kappa shape index (κ1) is 18.0. The predicted molar refractivity (Wildman–Crippen MR) is 80.1 cm³/mol.